The monoisotopic (exact) mass is 292 g/mol. The summed E-state index contributed by atoms with van der Waals surface area (Å²) in [6, 6.07) is 6.63. The third kappa shape index (κ3) is 3.70. The third-order valence-electron chi connectivity index (χ3n) is 4.37. The lowest BCUT2D eigenvalue weighted by molar-refractivity contribution is 0.185. The Morgan fingerprint density at radius 3 is 2.35 bits per heavy atom. The van der Waals surface area contributed by atoms with Crippen LogP contribution in [0.25, 0.3) is 0 Å². The fourth-order valence-electron chi connectivity index (χ4n) is 2.88. The first kappa shape index (κ1) is 15.7. The highest BCUT2D eigenvalue weighted by atomic mass is 32.1. The van der Waals surface area contributed by atoms with Crippen molar-refractivity contribution in [1.82, 2.24) is 4.90 Å². The number of anilines is 1. The van der Waals surface area contributed by atoms with Gasteiger partial charge < -0.3 is 4.90 Å². The van der Waals surface area contributed by atoms with Gasteiger partial charge in [-0.1, -0.05) is 26.0 Å². The number of nitrogens with zero attached hydrogens (tertiary/aromatic N) is 2. The zero-order chi connectivity index (χ0) is 14.8. The van der Waals surface area contributed by atoms with Crippen molar-refractivity contribution in [2.24, 2.45) is 5.41 Å². The summed E-state index contributed by atoms with van der Waals surface area (Å²) in [5.41, 5.74) is 4.54. The molecule has 2 nitrogen and oxygen atoms in total. The molecule has 2 rings (SSSR count). The molecule has 0 unspecified atom stereocenters. The summed E-state index contributed by atoms with van der Waals surface area (Å²) in [4.78, 5) is 5.12. The van der Waals surface area contributed by atoms with E-state index >= 15 is 0 Å². The minimum Gasteiger partial charge on any atom is -0.369 e. The molecule has 1 fully saturated rings. The second kappa shape index (κ2) is 6.40. The third-order valence-corrected chi connectivity index (χ3v) is 5.22. The van der Waals surface area contributed by atoms with Gasteiger partial charge in [0.15, 0.2) is 0 Å². The van der Waals surface area contributed by atoms with Crippen molar-refractivity contribution >= 4 is 18.3 Å². The Morgan fingerprint density at radius 2 is 1.75 bits per heavy atom. The van der Waals surface area contributed by atoms with Crippen LogP contribution in [0, 0.1) is 19.3 Å². The highest BCUT2D eigenvalue weighted by Gasteiger charge is 2.24. The van der Waals surface area contributed by atoms with Gasteiger partial charge in [0.25, 0.3) is 0 Å². The quantitative estimate of drug-likeness (QED) is 0.850. The van der Waals surface area contributed by atoms with Gasteiger partial charge in [0.1, 0.15) is 0 Å². The molecular formula is C17H28N2S. The van der Waals surface area contributed by atoms with E-state index in [9.17, 15) is 0 Å². The summed E-state index contributed by atoms with van der Waals surface area (Å²) in [7, 11) is 0. The van der Waals surface area contributed by atoms with Crippen LogP contribution in [0.4, 0.5) is 5.69 Å². The van der Waals surface area contributed by atoms with Gasteiger partial charge in [0.2, 0.25) is 0 Å². The van der Waals surface area contributed by atoms with Gasteiger partial charge in [-0.2, -0.15) is 12.6 Å². The van der Waals surface area contributed by atoms with Crippen LogP contribution in [0.5, 0.6) is 0 Å². The van der Waals surface area contributed by atoms with Crippen molar-refractivity contribution in [3.05, 3.63) is 29.3 Å². The number of benzene rings is 1. The van der Waals surface area contributed by atoms with E-state index in [0.717, 1.165) is 38.5 Å². The van der Waals surface area contributed by atoms with E-state index in [1.165, 1.54) is 16.8 Å². The van der Waals surface area contributed by atoms with Crippen LogP contribution in [0.15, 0.2) is 18.2 Å². The molecule has 0 spiro atoms. The largest absolute Gasteiger partial charge is 0.369 e. The topological polar surface area (TPSA) is 6.48 Å². The summed E-state index contributed by atoms with van der Waals surface area (Å²) in [5.74, 6) is 0.949. The maximum Gasteiger partial charge on any atom is 0.0399 e. The van der Waals surface area contributed by atoms with E-state index in [4.69, 9.17) is 0 Å². The maximum absolute atomic E-state index is 4.46. The van der Waals surface area contributed by atoms with Crippen LogP contribution in [-0.4, -0.2) is 43.4 Å². The molecule has 20 heavy (non-hydrogen) atoms. The first-order valence-corrected chi connectivity index (χ1v) is 8.20. The number of piperazine rings is 1. The molecule has 1 aromatic rings. The fraction of sp³-hybridized carbons (Fsp3) is 0.647. The Morgan fingerprint density at radius 1 is 1.10 bits per heavy atom. The van der Waals surface area contributed by atoms with Crippen molar-refractivity contribution in [3.63, 3.8) is 0 Å². The van der Waals surface area contributed by atoms with Crippen molar-refractivity contribution in [3.8, 4) is 0 Å². The van der Waals surface area contributed by atoms with Crippen LogP contribution in [0.3, 0.4) is 0 Å². The molecular weight excluding hydrogens is 264 g/mol. The SMILES string of the molecule is Cc1cccc(N2CCN(CC(C)(C)CS)CC2)c1C. The second-order valence-corrected chi connectivity index (χ2v) is 7.12. The summed E-state index contributed by atoms with van der Waals surface area (Å²) < 4.78 is 0. The number of hydrogen-bond donors (Lipinski definition) is 1. The first-order valence-electron chi connectivity index (χ1n) is 7.57. The van der Waals surface area contributed by atoms with E-state index < -0.39 is 0 Å². The average molecular weight is 292 g/mol. The minimum absolute atomic E-state index is 0.310. The molecule has 0 saturated carbocycles. The number of rotatable bonds is 4. The molecule has 1 aliphatic rings. The number of aryl methyl sites for hydroxylation is 1. The van der Waals surface area contributed by atoms with Crippen molar-refractivity contribution < 1.29 is 0 Å². The molecule has 112 valence electrons. The molecule has 3 heteroatoms. The standard InChI is InChI=1S/C17H28N2S/c1-14-6-5-7-16(15(14)2)19-10-8-18(9-11-19)12-17(3,4)13-20/h5-7,20H,8-13H2,1-4H3. The minimum atomic E-state index is 0.310. The summed E-state index contributed by atoms with van der Waals surface area (Å²) in [5, 5.41) is 0. The van der Waals surface area contributed by atoms with Gasteiger partial charge >= 0.3 is 0 Å². The lowest BCUT2D eigenvalue weighted by Crippen LogP contribution is -2.49. The molecule has 0 aromatic heterocycles. The Bertz CT molecular complexity index is 448. The van der Waals surface area contributed by atoms with Crippen LogP contribution >= 0.6 is 12.6 Å². The zero-order valence-electron chi connectivity index (χ0n) is 13.3. The maximum atomic E-state index is 4.46. The Kier molecular flexibility index (Phi) is 5.03. The molecule has 1 saturated heterocycles. The predicted octanol–water partition coefficient (Wildman–Crippen LogP) is 3.38. The molecule has 0 bridgehead atoms. The average Bonchev–Trinajstić information content (AvgIpc) is 2.43. The Hall–Kier alpha value is -0.670. The van der Waals surface area contributed by atoms with Crippen molar-refractivity contribution in [2.75, 3.05) is 43.4 Å². The molecule has 0 radical (unpaired) electrons. The lowest BCUT2D eigenvalue weighted by atomic mass is 9.95. The van der Waals surface area contributed by atoms with Crippen LogP contribution < -0.4 is 4.90 Å². The second-order valence-electron chi connectivity index (χ2n) is 6.80. The summed E-state index contributed by atoms with van der Waals surface area (Å²) in [6.45, 7) is 14.8. The van der Waals surface area contributed by atoms with Gasteiger partial charge in [-0.25, -0.2) is 0 Å². The van der Waals surface area contributed by atoms with Crippen molar-refractivity contribution in [1.29, 1.82) is 0 Å². The van der Waals surface area contributed by atoms with Crippen LogP contribution in [0.2, 0.25) is 0 Å². The summed E-state index contributed by atoms with van der Waals surface area (Å²) in [6.07, 6.45) is 0. The molecule has 1 heterocycles. The normalized spacial score (nSPS) is 17.6. The highest BCUT2D eigenvalue weighted by molar-refractivity contribution is 7.80. The molecule has 1 aromatic carbocycles. The number of thiol groups is 1. The summed E-state index contributed by atoms with van der Waals surface area (Å²) >= 11 is 4.46. The zero-order valence-corrected chi connectivity index (χ0v) is 14.2. The van der Waals surface area contributed by atoms with Gasteiger partial charge in [-0.15, -0.1) is 0 Å². The van der Waals surface area contributed by atoms with Gasteiger partial charge in [0.05, 0.1) is 0 Å². The highest BCUT2D eigenvalue weighted by Crippen LogP contribution is 2.25. The Balaban J connectivity index is 1.96. The van der Waals surface area contributed by atoms with Crippen molar-refractivity contribution in [2.45, 2.75) is 27.7 Å². The molecule has 1 aliphatic heterocycles. The Labute approximate surface area is 129 Å². The molecule has 0 amide bonds. The first-order chi connectivity index (χ1) is 9.43. The van der Waals surface area contributed by atoms with Gasteiger partial charge in [0, 0.05) is 38.4 Å². The molecule has 0 aliphatic carbocycles. The van der Waals surface area contributed by atoms with Crippen LogP contribution in [-0.2, 0) is 0 Å². The lowest BCUT2D eigenvalue weighted by Gasteiger charge is -2.40. The van der Waals surface area contributed by atoms with E-state index in [1.54, 1.807) is 0 Å². The van der Waals surface area contributed by atoms with Crippen LogP contribution in [0.1, 0.15) is 25.0 Å². The molecule has 0 N–H and O–H groups in total. The van der Waals surface area contributed by atoms with Gasteiger partial charge in [-0.05, 0) is 42.2 Å². The number of hydrogen-bond acceptors (Lipinski definition) is 3. The predicted molar refractivity (Wildman–Crippen MR) is 92.2 cm³/mol. The van der Waals surface area contributed by atoms with E-state index in [-0.39, 0.29) is 0 Å². The fourth-order valence-corrected chi connectivity index (χ4v) is 2.98. The van der Waals surface area contributed by atoms with Gasteiger partial charge in [-0.3, -0.25) is 4.90 Å². The van der Waals surface area contributed by atoms with E-state index in [2.05, 4.69) is 68.3 Å². The van der Waals surface area contributed by atoms with E-state index in [1.807, 2.05) is 0 Å². The smallest absolute Gasteiger partial charge is 0.0399 e. The van der Waals surface area contributed by atoms with E-state index in [0.29, 0.717) is 5.41 Å². The molecule has 0 atom stereocenters.